The summed E-state index contributed by atoms with van der Waals surface area (Å²) in [4.78, 5) is 3.92. The Kier molecular flexibility index (Phi) is 4.73. The fraction of sp³-hybridized carbons (Fsp3) is 0.667. The van der Waals surface area contributed by atoms with Crippen LogP contribution < -0.4 is 0 Å². The molecule has 0 aliphatic heterocycles. The van der Waals surface area contributed by atoms with Crippen LogP contribution >= 0.6 is 22.9 Å². The molecule has 0 bridgehead atoms. The van der Waals surface area contributed by atoms with Crippen molar-refractivity contribution in [2.24, 2.45) is 0 Å². The van der Waals surface area contributed by atoms with Crippen molar-refractivity contribution >= 4 is 33.0 Å². The summed E-state index contributed by atoms with van der Waals surface area (Å²) < 4.78 is 26.1. The van der Waals surface area contributed by atoms with E-state index in [1.807, 2.05) is 6.92 Å². The fourth-order valence-electron chi connectivity index (χ4n) is 1.23. The molecule has 0 fully saturated rings. The smallest absolute Gasteiger partial charge is 0.229 e. The molecule has 0 radical (unpaired) electrons. The van der Waals surface area contributed by atoms with E-state index in [2.05, 4.69) is 4.98 Å². The highest BCUT2D eigenvalue weighted by Crippen LogP contribution is 2.28. The average Bonchev–Trinajstić information content (AvgIpc) is 2.54. The molecule has 7 heteroatoms. The summed E-state index contributed by atoms with van der Waals surface area (Å²) in [6.07, 6.45) is 1.81. The lowest BCUT2D eigenvalue weighted by molar-refractivity contribution is 0.460. The third kappa shape index (κ3) is 2.94. The Morgan fingerprint density at radius 2 is 2.12 bits per heavy atom. The highest BCUT2D eigenvalue weighted by Gasteiger charge is 2.25. The lowest BCUT2D eigenvalue weighted by Crippen LogP contribution is -2.27. The van der Waals surface area contributed by atoms with Gasteiger partial charge in [-0.25, -0.2) is 17.7 Å². The Morgan fingerprint density at radius 3 is 2.56 bits per heavy atom. The Morgan fingerprint density at radius 1 is 1.50 bits per heavy atom. The van der Waals surface area contributed by atoms with Crippen molar-refractivity contribution in [1.29, 1.82) is 0 Å². The van der Waals surface area contributed by atoms with Crippen LogP contribution in [0.25, 0.3) is 0 Å². The third-order valence-electron chi connectivity index (χ3n) is 2.20. The zero-order valence-electron chi connectivity index (χ0n) is 9.53. The minimum absolute atomic E-state index is 0.246. The van der Waals surface area contributed by atoms with E-state index in [1.54, 1.807) is 14.0 Å². The summed E-state index contributed by atoms with van der Waals surface area (Å²) >= 11 is 6.71. The number of aryl methyl sites for hydroxylation is 1. The van der Waals surface area contributed by atoms with Crippen molar-refractivity contribution in [2.45, 2.75) is 30.9 Å². The number of halogens is 1. The van der Waals surface area contributed by atoms with E-state index in [-0.39, 0.29) is 8.68 Å². The maximum absolute atomic E-state index is 12.1. The van der Waals surface area contributed by atoms with Crippen molar-refractivity contribution in [3.8, 4) is 0 Å². The van der Waals surface area contributed by atoms with Crippen molar-refractivity contribution in [2.75, 3.05) is 13.6 Å². The van der Waals surface area contributed by atoms with Gasteiger partial charge in [-0.3, -0.25) is 0 Å². The third-order valence-corrected chi connectivity index (χ3v) is 5.90. The second-order valence-corrected chi connectivity index (χ2v) is 7.34. The average molecular weight is 283 g/mol. The van der Waals surface area contributed by atoms with E-state index in [0.717, 1.165) is 24.2 Å². The van der Waals surface area contributed by atoms with Crippen LogP contribution in [0.4, 0.5) is 0 Å². The first kappa shape index (κ1) is 13.9. The fourth-order valence-corrected chi connectivity index (χ4v) is 4.37. The van der Waals surface area contributed by atoms with E-state index < -0.39 is 10.0 Å². The van der Waals surface area contributed by atoms with Crippen molar-refractivity contribution in [3.63, 3.8) is 0 Å². The van der Waals surface area contributed by atoms with Crippen molar-refractivity contribution in [3.05, 3.63) is 10.2 Å². The Balaban J connectivity index is 2.97. The molecular formula is C9H15ClN2O2S2. The zero-order valence-corrected chi connectivity index (χ0v) is 11.9. The highest BCUT2D eigenvalue weighted by molar-refractivity contribution is 7.91. The summed E-state index contributed by atoms with van der Waals surface area (Å²) in [6, 6.07) is 0. The van der Waals surface area contributed by atoms with Crippen LogP contribution in [0, 0.1) is 6.92 Å². The molecule has 0 N–H and O–H groups in total. The number of hydrogen-bond acceptors (Lipinski definition) is 4. The van der Waals surface area contributed by atoms with Gasteiger partial charge in [-0.1, -0.05) is 36.3 Å². The van der Waals surface area contributed by atoms with Gasteiger partial charge in [-0.05, 0) is 13.3 Å². The number of nitrogens with zero attached hydrogens (tertiary/aromatic N) is 2. The number of sulfonamides is 1. The SMILES string of the molecule is CCCCN(C)S(=O)(=O)c1sc(Cl)nc1C. The lowest BCUT2D eigenvalue weighted by Gasteiger charge is -2.15. The van der Waals surface area contributed by atoms with Gasteiger partial charge in [0.25, 0.3) is 10.0 Å². The van der Waals surface area contributed by atoms with Gasteiger partial charge in [0.1, 0.15) is 0 Å². The van der Waals surface area contributed by atoms with E-state index in [1.165, 1.54) is 4.31 Å². The second kappa shape index (κ2) is 5.44. The normalized spacial score (nSPS) is 12.3. The molecule has 0 atom stereocenters. The van der Waals surface area contributed by atoms with Gasteiger partial charge >= 0.3 is 0 Å². The summed E-state index contributed by atoms with van der Waals surface area (Å²) in [5.74, 6) is 0. The lowest BCUT2D eigenvalue weighted by atomic mass is 10.3. The van der Waals surface area contributed by atoms with Gasteiger partial charge in [-0.15, -0.1) is 0 Å². The second-order valence-electron chi connectivity index (χ2n) is 3.52. The zero-order chi connectivity index (χ0) is 12.3. The van der Waals surface area contributed by atoms with Crippen molar-refractivity contribution < 1.29 is 8.42 Å². The minimum Gasteiger partial charge on any atom is -0.229 e. The first-order valence-corrected chi connectivity index (χ1v) is 7.62. The molecule has 1 aromatic heterocycles. The van der Waals surface area contributed by atoms with Crippen LogP contribution in [-0.4, -0.2) is 31.3 Å². The molecule has 1 aromatic rings. The number of aromatic nitrogens is 1. The number of thiazole rings is 1. The van der Waals surface area contributed by atoms with Gasteiger partial charge in [0.05, 0.1) is 5.69 Å². The van der Waals surface area contributed by atoms with Crippen LogP contribution in [0.2, 0.25) is 4.47 Å². The standard InChI is InChI=1S/C9H15ClN2O2S2/c1-4-5-6-12(3)16(13,14)8-7(2)11-9(10)15-8/h4-6H2,1-3H3. The molecule has 0 amide bonds. The summed E-state index contributed by atoms with van der Waals surface area (Å²) in [5, 5.41) is 0. The predicted molar refractivity (Wildman–Crippen MR) is 66.6 cm³/mol. The van der Waals surface area contributed by atoms with Gasteiger partial charge in [0.2, 0.25) is 0 Å². The van der Waals surface area contributed by atoms with Gasteiger partial charge in [0.15, 0.2) is 8.68 Å². The molecule has 0 aliphatic carbocycles. The van der Waals surface area contributed by atoms with E-state index in [4.69, 9.17) is 11.6 Å². The van der Waals surface area contributed by atoms with Crippen LogP contribution in [0.1, 0.15) is 25.5 Å². The highest BCUT2D eigenvalue weighted by atomic mass is 35.5. The maximum Gasteiger partial charge on any atom is 0.254 e. The predicted octanol–water partition coefficient (Wildman–Crippen LogP) is 2.53. The van der Waals surface area contributed by atoms with Crippen molar-refractivity contribution in [1.82, 2.24) is 9.29 Å². The molecule has 16 heavy (non-hydrogen) atoms. The molecule has 0 aliphatic rings. The van der Waals surface area contributed by atoms with Crippen LogP contribution in [0.15, 0.2) is 4.21 Å². The maximum atomic E-state index is 12.1. The topological polar surface area (TPSA) is 50.3 Å². The number of unbranched alkanes of at least 4 members (excludes halogenated alkanes) is 1. The molecule has 0 aromatic carbocycles. The Bertz CT molecular complexity index is 456. The van der Waals surface area contributed by atoms with E-state index in [9.17, 15) is 8.42 Å². The Labute approximate surface area is 105 Å². The van der Waals surface area contributed by atoms with Gasteiger partial charge < -0.3 is 0 Å². The molecule has 0 saturated heterocycles. The van der Waals surface area contributed by atoms with E-state index >= 15 is 0 Å². The molecule has 4 nitrogen and oxygen atoms in total. The summed E-state index contributed by atoms with van der Waals surface area (Å²) in [5.41, 5.74) is 0.471. The van der Waals surface area contributed by atoms with E-state index in [0.29, 0.717) is 12.2 Å². The largest absolute Gasteiger partial charge is 0.254 e. The first-order chi connectivity index (χ1) is 7.39. The monoisotopic (exact) mass is 282 g/mol. The van der Waals surface area contributed by atoms with Crippen LogP contribution in [0.3, 0.4) is 0 Å². The Hall–Kier alpha value is -0.170. The van der Waals surface area contributed by atoms with Gasteiger partial charge in [0, 0.05) is 13.6 Å². The van der Waals surface area contributed by atoms with Crippen LogP contribution in [-0.2, 0) is 10.0 Å². The molecule has 1 rings (SSSR count). The summed E-state index contributed by atoms with van der Waals surface area (Å²) in [7, 11) is -1.83. The first-order valence-electron chi connectivity index (χ1n) is 4.99. The number of hydrogen-bond donors (Lipinski definition) is 0. The molecule has 0 saturated carbocycles. The molecule has 0 spiro atoms. The van der Waals surface area contributed by atoms with Gasteiger partial charge in [-0.2, -0.15) is 0 Å². The summed E-state index contributed by atoms with van der Waals surface area (Å²) in [6.45, 7) is 4.20. The quantitative estimate of drug-likeness (QED) is 0.834. The molecule has 0 unspecified atom stereocenters. The number of rotatable bonds is 5. The molecule has 1 heterocycles. The molecular weight excluding hydrogens is 268 g/mol. The van der Waals surface area contributed by atoms with Crippen LogP contribution in [0.5, 0.6) is 0 Å². The minimum atomic E-state index is -3.42. The molecule has 92 valence electrons.